The van der Waals surface area contributed by atoms with Gasteiger partial charge >= 0.3 is 6.03 Å². The van der Waals surface area contributed by atoms with Crippen molar-refractivity contribution in [3.8, 4) is 11.5 Å². The molecule has 10 heteroatoms. The summed E-state index contributed by atoms with van der Waals surface area (Å²) in [5, 5.41) is 2.66. The predicted octanol–water partition coefficient (Wildman–Crippen LogP) is 1.08. The van der Waals surface area contributed by atoms with Crippen molar-refractivity contribution in [2.24, 2.45) is 0 Å². The van der Waals surface area contributed by atoms with Gasteiger partial charge in [0.25, 0.3) is 5.91 Å². The number of benzene rings is 1. The Bertz CT molecular complexity index is 868. The second-order valence-corrected chi connectivity index (χ2v) is 6.46. The first-order valence-electron chi connectivity index (χ1n) is 9.44. The van der Waals surface area contributed by atoms with Crippen LogP contribution in [0.5, 0.6) is 11.5 Å². The fraction of sp³-hybridized carbons (Fsp3) is 0.350. The van der Waals surface area contributed by atoms with Crippen LogP contribution >= 0.6 is 0 Å². The molecule has 0 unspecified atom stereocenters. The number of hydrazine groups is 1. The van der Waals surface area contributed by atoms with Gasteiger partial charge in [0.1, 0.15) is 5.82 Å². The highest BCUT2D eigenvalue weighted by atomic mass is 16.5. The summed E-state index contributed by atoms with van der Waals surface area (Å²) < 4.78 is 15.6. The highest BCUT2D eigenvalue weighted by Gasteiger charge is 2.13. The number of hydrogen-bond acceptors (Lipinski definition) is 7. The molecule has 3 N–H and O–H groups in total. The van der Waals surface area contributed by atoms with Crippen LogP contribution in [0.25, 0.3) is 0 Å². The van der Waals surface area contributed by atoms with Gasteiger partial charge in [-0.2, -0.15) is 0 Å². The zero-order valence-corrected chi connectivity index (χ0v) is 16.9. The minimum atomic E-state index is -0.541. The van der Waals surface area contributed by atoms with Crippen molar-refractivity contribution < 1.29 is 23.8 Å². The van der Waals surface area contributed by atoms with Gasteiger partial charge in [0.15, 0.2) is 11.5 Å². The normalized spacial score (nSPS) is 13.3. The fourth-order valence-corrected chi connectivity index (χ4v) is 2.89. The van der Waals surface area contributed by atoms with Crippen molar-refractivity contribution >= 4 is 17.8 Å². The topological polar surface area (TPSA) is 114 Å². The number of nitrogens with one attached hydrogen (secondary N) is 3. The summed E-state index contributed by atoms with van der Waals surface area (Å²) in [5.41, 5.74) is 5.82. The lowest BCUT2D eigenvalue weighted by molar-refractivity contribution is 0.0936. The van der Waals surface area contributed by atoms with E-state index in [-0.39, 0.29) is 6.54 Å². The molecule has 0 spiro atoms. The zero-order valence-electron chi connectivity index (χ0n) is 16.9. The maximum absolute atomic E-state index is 12.2. The molecule has 0 saturated carbocycles. The molecule has 0 aliphatic carbocycles. The van der Waals surface area contributed by atoms with Crippen molar-refractivity contribution in [2.75, 3.05) is 45.4 Å². The second-order valence-electron chi connectivity index (χ2n) is 6.46. The number of ether oxygens (including phenoxy) is 3. The molecule has 3 amide bonds. The van der Waals surface area contributed by atoms with E-state index >= 15 is 0 Å². The molecule has 3 rings (SSSR count). The Balaban J connectivity index is 1.45. The number of urea groups is 1. The highest BCUT2D eigenvalue weighted by Crippen LogP contribution is 2.27. The molecule has 0 radical (unpaired) electrons. The molecule has 1 saturated heterocycles. The predicted molar refractivity (Wildman–Crippen MR) is 110 cm³/mol. The molecule has 2 heterocycles. The van der Waals surface area contributed by atoms with Gasteiger partial charge in [0.2, 0.25) is 0 Å². The van der Waals surface area contributed by atoms with E-state index in [0.717, 1.165) is 24.5 Å². The van der Waals surface area contributed by atoms with Crippen LogP contribution in [0.3, 0.4) is 0 Å². The summed E-state index contributed by atoms with van der Waals surface area (Å²) in [5.74, 6) is 1.33. The molecule has 0 atom stereocenters. The molecule has 1 aliphatic rings. The van der Waals surface area contributed by atoms with E-state index in [0.29, 0.717) is 30.3 Å². The van der Waals surface area contributed by atoms with Crippen LogP contribution in [0.1, 0.15) is 15.9 Å². The van der Waals surface area contributed by atoms with Gasteiger partial charge in [-0.3, -0.25) is 10.2 Å². The molecule has 0 bridgehead atoms. The lowest BCUT2D eigenvalue weighted by Gasteiger charge is -2.27. The van der Waals surface area contributed by atoms with Gasteiger partial charge in [0.05, 0.1) is 27.4 Å². The number of pyridine rings is 1. The molecule has 10 nitrogen and oxygen atoms in total. The molecule has 30 heavy (non-hydrogen) atoms. The number of anilines is 1. The van der Waals surface area contributed by atoms with Crippen molar-refractivity contribution in [3.63, 3.8) is 0 Å². The van der Waals surface area contributed by atoms with E-state index in [1.165, 1.54) is 20.3 Å². The monoisotopic (exact) mass is 415 g/mol. The summed E-state index contributed by atoms with van der Waals surface area (Å²) in [7, 11) is 2.99. The van der Waals surface area contributed by atoms with Gasteiger partial charge in [-0.25, -0.2) is 15.2 Å². The Kier molecular flexibility index (Phi) is 7.28. The number of carbonyl (C=O) groups excluding carboxylic acids is 2. The number of amides is 3. The average molecular weight is 415 g/mol. The van der Waals surface area contributed by atoms with Crippen LogP contribution in [-0.2, 0) is 11.3 Å². The second kappa shape index (κ2) is 10.3. The Morgan fingerprint density at radius 2 is 1.83 bits per heavy atom. The zero-order chi connectivity index (χ0) is 21.3. The Morgan fingerprint density at radius 1 is 1.07 bits per heavy atom. The Hall–Kier alpha value is -3.53. The van der Waals surface area contributed by atoms with Crippen LogP contribution in [0, 0.1) is 0 Å². The van der Waals surface area contributed by atoms with Crippen LogP contribution in [0.2, 0.25) is 0 Å². The van der Waals surface area contributed by atoms with Crippen molar-refractivity contribution in [1.82, 2.24) is 21.2 Å². The average Bonchev–Trinajstić information content (AvgIpc) is 2.81. The number of nitrogens with zero attached hydrogens (tertiary/aromatic N) is 2. The SMILES string of the molecule is COc1ccc(C(=O)NNC(=O)NCc2ccc(N3CCOCC3)nc2)cc1OC. The summed E-state index contributed by atoms with van der Waals surface area (Å²) in [6.07, 6.45) is 1.72. The minimum Gasteiger partial charge on any atom is -0.493 e. The minimum absolute atomic E-state index is 0.272. The fourth-order valence-electron chi connectivity index (χ4n) is 2.89. The number of hydrogen-bond donors (Lipinski definition) is 3. The molecular formula is C20H25N5O5. The molecular weight excluding hydrogens is 390 g/mol. The number of methoxy groups -OCH3 is 2. The summed E-state index contributed by atoms with van der Waals surface area (Å²) >= 11 is 0. The molecule has 1 aliphatic heterocycles. The van der Waals surface area contributed by atoms with Gasteiger partial charge in [-0.1, -0.05) is 6.07 Å². The van der Waals surface area contributed by atoms with Gasteiger partial charge in [0, 0.05) is 31.4 Å². The third-order valence-electron chi connectivity index (χ3n) is 4.53. The molecule has 1 aromatic carbocycles. The quantitative estimate of drug-likeness (QED) is 0.605. The van der Waals surface area contributed by atoms with Crippen molar-refractivity contribution in [2.45, 2.75) is 6.54 Å². The van der Waals surface area contributed by atoms with Crippen LogP contribution in [0.15, 0.2) is 36.5 Å². The van der Waals surface area contributed by atoms with Crippen LogP contribution < -0.4 is 30.5 Å². The van der Waals surface area contributed by atoms with E-state index in [9.17, 15) is 9.59 Å². The first-order valence-corrected chi connectivity index (χ1v) is 9.44. The number of aromatic nitrogens is 1. The van der Waals surface area contributed by atoms with Crippen molar-refractivity contribution in [3.05, 3.63) is 47.7 Å². The Labute approximate surface area is 174 Å². The molecule has 160 valence electrons. The van der Waals surface area contributed by atoms with E-state index in [4.69, 9.17) is 14.2 Å². The van der Waals surface area contributed by atoms with Gasteiger partial charge in [-0.15, -0.1) is 0 Å². The molecule has 2 aromatic rings. The standard InChI is InChI=1S/C20H25N5O5/c1-28-16-5-4-15(11-17(16)29-2)19(26)23-24-20(27)22-13-14-3-6-18(21-12-14)25-7-9-30-10-8-25/h3-6,11-12H,7-10,13H2,1-2H3,(H,23,26)(H2,22,24,27). The number of morpholine rings is 1. The largest absolute Gasteiger partial charge is 0.493 e. The lowest BCUT2D eigenvalue weighted by Crippen LogP contribution is -2.46. The maximum Gasteiger partial charge on any atom is 0.333 e. The third kappa shape index (κ3) is 5.51. The number of rotatable bonds is 6. The van der Waals surface area contributed by atoms with E-state index in [2.05, 4.69) is 26.1 Å². The Morgan fingerprint density at radius 3 is 2.50 bits per heavy atom. The molecule has 1 fully saturated rings. The van der Waals surface area contributed by atoms with E-state index in [1.807, 2.05) is 12.1 Å². The summed E-state index contributed by atoms with van der Waals surface area (Å²) in [4.78, 5) is 30.8. The first kappa shape index (κ1) is 21.2. The smallest absolute Gasteiger partial charge is 0.333 e. The van der Waals surface area contributed by atoms with Gasteiger partial charge in [-0.05, 0) is 29.8 Å². The van der Waals surface area contributed by atoms with Crippen LogP contribution in [-0.4, -0.2) is 57.4 Å². The van der Waals surface area contributed by atoms with Crippen molar-refractivity contribution in [1.29, 1.82) is 0 Å². The highest BCUT2D eigenvalue weighted by molar-refractivity contribution is 5.95. The van der Waals surface area contributed by atoms with Gasteiger partial charge < -0.3 is 24.4 Å². The third-order valence-corrected chi connectivity index (χ3v) is 4.53. The summed E-state index contributed by atoms with van der Waals surface area (Å²) in [6, 6.07) is 7.98. The van der Waals surface area contributed by atoms with E-state index < -0.39 is 11.9 Å². The van der Waals surface area contributed by atoms with Crippen LogP contribution in [0.4, 0.5) is 10.6 Å². The lowest BCUT2D eigenvalue weighted by atomic mass is 10.2. The number of carbonyl (C=O) groups is 2. The van der Waals surface area contributed by atoms with E-state index in [1.54, 1.807) is 18.3 Å². The summed E-state index contributed by atoms with van der Waals surface area (Å²) in [6.45, 7) is 3.29. The maximum atomic E-state index is 12.2. The first-order chi connectivity index (χ1) is 14.6. The molecule has 1 aromatic heterocycles.